The number of halogens is 3. The fourth-order valence-corrected chi connectivity index (χ4v) is 3.18. The van der Waals surface area contributed by atoms with Gasteiger partial charge in [0.25, 0.3) is 0 Å². The van der Waals surface area contributed by atoms with Gasteiger partial charge in [0, 0.05) is 18.5 Å². The van der Waals surface area contributed by atoms with Crippen molar-refractivity contribution >= 4 is 5.91 Å². The number of likely N-dealkylation sites (tertiary alicyclic amines) is 1. The molecule has 2 rings (SSSR count). The highest BCUT2D eigenvalue weighted by atomic mass is 19.4. The average Bonchev–Trinajstić information content (AvgIpc) is 2.73. The molecular formula is C16H21F3N2O2. The van der Waals surface area contributed by atoms with Gasteiger partial charge in [-0.1, -0.05) is 26.8 Å². The summed E-state index contributed by atoms with van der Waals surface area (Å²) in [7, 11) is 0. The van der Waals surface area contributed by atoms with E-state index in [0.717, 1.165) is 6.07 Å². The van der Waals surface area contributed by atoms with Crippen LogP contribution in [0, 0.1) is 11.8 Å². The molecule has 0 saturated carbocycles. The van der Waals surface area contributed by atoms with Gasteiger partial charge in [0.05, 0.1) is 6.54 Å². The highest BCUT2D eigenvalue weighted by Crippen LogP contribution is 2.30. The van der Waals surface area contributed by atoms with Gasteiger partial charge >= 0.3 is 6.18 Å². The standard InChI is InChI=1S/C16H21F3N2O2/c1-10(2)15-11(3)9-14(22)21(15)7-8-23-13-6-4-5-12(20-13)16(17,18)19/h4-6,10-11,15H,7-9H2,1-3H3/t11-,15+/m1/s1. The molecule has 1 aromatic rings. The maximum absolute atomic E-state index is 12.6. The van der Waals surface area contributed by atoms with Crippen molar-refractivity contribution in [3.8, 4) is 5.88 Å². The van der Waals surface area contributed by atoms with Crippen LogP contribution in [0.25, 0.3) is 0 Å². The Bertz CT molecular complexity index is 561. The van der Waals surface area contributed by atoms with Gasteiger partial charge in [0.1, 0.15) is 12.3 Å². The molecule has 0 bridgehead atoms. The number of pyridine rings is 1. The third-order valence-electron chi connectivity index (χ3n) is 4.04. The van der Waals surface area contributed by atoms with E-state index in [0.29, 0.717) is 18.9 Å². The zero-order valence-electron chi connectivity index (χ0n) is 13.4. The third-order valence-corrected chi connectivity index (χ3v) is 4.04. The van der Waals surface area contributed by atoms with E-state index >= 15 is 0 Å². The van der Waals surface area contributed by atoms with Crippen LogP contribution in [-0.4, -0.2) is 35.0 Å². The first kappa shape index (κ1) is 17.6. The van der Waals surface area contributed by atoms with E-state index in [9.17, 15) is 18.0 Å². The van der Waals surface area contributed by atoms with Gasteiger partial charge in [0.15, 0.2) is 0 Å². The molecule has 23 heavy (non-hydrogen) atoms. The van der Waals surface area contributed by atoms with Crippen LogP contribution in [0.1, 0.15) is 32.9 Å². The molecule has 1 amide bonds. The summed E-state index contributed by atoms with van der Waals surface area (Å²) in [5, 5.41) is 0. The Labute approximate surface area is 133 Å². The molecule has 1 fully saturated rings. The molecule has 0 aliphatic carbocycles. The first-order valence-corrected chi connectivity index (χ1v) is 7.66. The summed E-state index contributed by atoms with van der Waals surface area (Å²) in [6.45, 7) is 6.63. The van der Waals surface area contributed by atoms with Crippen LogP contribution in [-0.2, 0) is 11.0 Å². The van der Waals surface area contributed by atoms with Crippen molar-refractivity contribution < 1.29 is 22.7 Å². The summed E-state index contributed by atoms with van der Waals surface area (Å²) in [5.74, 6) is 0.578. The Hall–Kier alpha value is -1.79. The highest BCUT2D eigenvalue weighted by Gasteiger charge is 2.38. The Morgan fingerprint density at radius 2 is 2.09 bits per heavy atom. The minimum absolute atomic E-state index is 0.0665. The zero-order valence-corrected chi connectivity index (χ0v) is 13.4. The second kappa shape index (κ2) is 6.76. The van der Waals surface area contributed by atoms with Gasteiger partial charge in [-0.25, -0.2) is 4.98 Å². The number of hydrogen-bond acceptors (Lipinski definition) is 3. The summed E-state index contributed by atoms with van der Waals surface area (Å²) < 4.78 is 43.1. The zero-order chi connectivity index (χ0) is 17.2. The van der Waals surface area contributed by atoms with Gasteiger partial charge in [-0.15, -0.1) is 0 Å². The van der Waals surface area contributed by atoms with Crippen molar-refractivity contribution in [3.05, 3.63) is 23.9 Å². The molecule has 1 aromatic heterocycles. The summed E-state index contributed by atoms with van der Waals surface area (Å²) in [5.41, 5.74) is -0.985. The lowest BCUT2D eigenvalue weighted by molar-refractivity contribution is -0.141. The molecule has 0 radical (unpaired) electrons. The van der Waals surface area contributed by atoms with Crippen molar-refractivity contribution in [3.63, 3.8) is 0 Å². The molecule has 7 heteroatoms. The lowest BCUT2D eigenvalue weighted by Gasteiger charge is -2.30. The smallest absolute Gasteiger partial charge is 0.433 e. The molecule has 0 unspecified atom stereocenters. The van der Waals surface area contributed by atoms with Crippen molar-refractivity contribution in [2.24, 2.45) is 11.8 Å². The fourth-order valence-electron chi connectivity index (χ4n) is 3.18. The number of nitrogens with zero attached hydrogens (tertiary/aromatic N) is 2. The summed E-state index contributed by atoms with van der Waals surface area (Å²) in [4.78, 5) is 17.2. The third kappa shape index (κ3) is 4.14. The van der Waals surface area contributed by atoms with Crippen LogP contribution in [0.5, 0.6) is 5.88 Å². The van der Waals surface area contributed by atoms with E-state index in [1.165, 1.54) is 12.1 Å². The van der Waals surface area contributed by atoms with Gasteiger partial charge in [-0.3, -0.25) is 4.79 Å². The van der Waals surface area contributed by atoms with Gasteiger partial charge < -0.3 is 9.64 Å². The van der Waals surface area contributed by atoms with Crippen LogP contribution in [0.2, 0.25) is 0 Å². The van der Waals surface area contributed by atoms with Crippen molar-refractivity contribution in [2.75, 3.05) is 13.2 Å². The Kier molecular flexibility index (Phi) is 5.16. The average molecular weight is 330 g/mol. The minimum Gasteiger partial charge on any atom is -0.476 e. The molecule has 4 nitrogen and oxygen atoms in total. The van der Waals surface area contributed by atoms with Crippen LogP contribution in [0.4, 0.5) is 13.2 Å². The molecule has 0 N–H and O–H groups in total. The number of aromatic nitrogens is 1. The summed E-state index contributed by atoms with van der Waals surface area (Å²) in [6, 6.07) is 3.67. The Morgan fingerprint density at radius 1 is 1.39 bits per heavy atom. The maximum Gasteiger partial charge on any atom is 0.433 e. The van der Waals surface area contributed by atoms with Gasteiger partial charge in [0.2, 0.25) is 11.8 Å². The van der Waals surface area contributed by atoms with E-state index in [-0.39, 0.29) is 30.4 Å². The van der Waals surface area contributed by atoms with Crippen LogP contribution >= 0.6 is 0 Å². The molecule has 0 aromatic carbocycles. The lowest BCUT2D eigenvalue weighted by Crippen LogP contribution is -2.41. The predicted molar refractivity (Wildman–Crippen MR) is 78.9 cm³/mol. The second-order valence-corrected chi connectivity index (χ2v) is 6.21. The van der Waals surface area contributed by atoms with Gasteiger partial charge in [-0.2, -0.15) is 13.2 Å². The Morgan fingerprint density at radius 3 is 2.70 bits per heavy atom. The predicted octanol–water partition coefficient (Wildman–Crippen LogP) is 3.37. The van der Waals surface area contributed by atoms with E-state index < -0.39 is 11.9 Å². The molecule has 2 atom stereocenters. The van der Waals surface area contributed by atoms with Crippen LogP contribution in [0.3, 0.4) is 0 Å². The SMILES string of the molecule is CC(C)[C@H]1[C@H](C)CC(=O)N1CCOc1cccc(C(F)(F)F)n1. The monoisotopic (exact) mass is 330 g/mol. The van der Waals surface area contributed by atoms with E-state index in [1.54, 1.807) is 4.90 Å². The van der Waals surface area contributed by atoms with Crippen molar-refractivity contribution in [1.29, 1.82) is 0 Å². The van der Waals surface area contributed by atoms with Gasteiger partial charge in [-0.05, 0) is 17.9 Å². The van der Waals surface area contributed by atoms with Crippen LogP contribution < -0.4 is 4.74 Å². The Balaban J connectivity index is 1.96. The molecule has 1 saturated heterocycles. The quantitative estimate of drug-likeness (QED) is 0.831. The summed E-state index contributed by atoms with van der Waals surface area (Å²) in [6.07, 6.45) is -3.99. The molecule has 128 valence electrons. The first-order chi connectivity index (χ1) is 10.7. The molecule has 1 aliphatic heterocycles. The number of carbonyl (C=O) groups is 1. The minimum atomic E-state index is -4.50. The lowest BCUT2D eigenvalue weighted by atomic mass is 9.93. The topological polar surface area (TPSA) is 42.4 Å². The number of alkyl halides is 3. The number of ether oxygens (including phenoxy) is 1. The number of amides is 1. The van der Waals surface area contributed by atoms with E-state index in [4.69, 9.17) is 4.74 Å². The van der Waals surface area contributed by atoms with E-state index in [1.807, 2.05) is 6.92 Å². The summed E-state index contributed by atoms with van der Waals surface area (Å²) >= 11 is 0. The number of hydrogen-bond donors (Lipinski definition) is 0. The normalized spacial score (nSPS) is 22.0. The first-order valence-electron chi connectivity index (χ1n) is 7.66. The van der Waals surface area contributed by atoms with Crippen LogP contribution in [0.15, 0.2) is 18.2 Å². The molecule has 1 aliphatic rings. The molecule has 0 spiro atoms. The maximum atomic E-state index is 12.6. The molecule has 2 heterocycles. The van der Waals surface area contributed by atoms with Crippen molar-refractivity contribution in [2.45, 2.75) is 39.4 Å². The van der Waals surface area contributed by atoms with E-state index in [2.05, 4.69) is 18.8 Å². The largest absolute Gasteiger partial charge is 0.476 e. The fraction of sp³-hybridized carbons (Fsp3) is 0.625. The number of rotatable bonds is 5. The number of carbonyl (C=O) groups excluding carboxylic acids is 1. The molecular weight excluding hydrogens is 309 g/mol. The van der Waals surface area contributed by atoms with Crippen molar-refractivity contribution in [1.82, 2.24) is 9.88 Å². The highest BCUT2D eigenvalue weighted by molar-refractivity contribution is 5.79. The second-order valence-electron chi connectivity index (χ2n) is 6.21.